The van der Waals surface area contributed by atoms with Crippen molar-refractivity contribution in [3.05, 3.63) is 29.8 Å². The predicted molar refractivity (Wildman–Crippen MR) is 78.7 cm³/mol. The molecule has 0 bridgehead atoms. The fourth-order valence-corrected chi connectivity index (χ4v) is 2.13. The third kappa shape index (κ3) is 4.02. The Labute approximate surface area is 136 Å². The van der Waals surface area contributed by atoms with Crippen LogP contribution >= 0.6 is 0 Å². The maximum atomic E-state index is 11.7. The van der Waals surface area contributed by atoms with E-state index in [0.29, 0.717) is 5.56 Å². The molecule has 1 aliphatic rings. The van der Waals surface area contributed by atoms with Gasteiger partial charge in [-0.15, -0.1) is 0 Å². The maximum absolute atomic E-state index is 11.7. The molecule has 0 spiro atoms. The smallest absolute Gasteiger partial charge is 0.333 e. The third-order valence-electron chi connectivity index (χ3n) is 3.49. The van der Waals surface area contributed by atoms with Crippen LogP contribution in [-0.2, 0) is 14.3 Å². The predicted octanol–water partition coefficient (Wildman–Crippen LogP) is -1.55. The maximum Gasteiger partial charge on any atom is 0.333 e. The van der Waals surface area contributed by atoms with Gasteiger partial charge in [0.05, 0.1) is 6.61 Å². The Morgan fingerprint density at radius 2 is 1.83 bits per heavy atom. The molecule has 9 heteroatoms. The molecule has 0 saturated carbocycles. The standard InChI is InChI=1S/C15H18O9/c16-6-10-12(20)13(21)14(22)15(23-10)24-11(19)4-2-7-1-3-8(17)9(18)5-7/h1-5,10,12-18,20-22H,6H2/t10-,12-,13+,14-,15?/m1/s1. The van der Waals surface area contributed by atoms with E-state index in [1.54, 1.807) is 0 Å². The van der Waals surface area contributed by atoms with Crippen molar-refractivity contribution in [3.8, 4) is 11.5 Å². The monoisotopic (exact) mass is 342 g/mol. The van der Waals surface area contributed by atoms with Crippen LogP contribution in [-0.4, -0.2) is 73.9 Å². The number of esters is 1. The largest absolute Gasteiger partial charge is 0.504 e. The van der Waals surface area contributed by atoms with Gasteiger partial charge in [0.25, 0.3) is 0 Å². The molecule has 6 N–H and O–H groups in total. The number of benzene rings is 1. The number of carbonyl (C=O) groups excluding carboxylic acids is 1. The quantitative estimate of drug-likeness (QED) is 0.217. The summed E-state index contributed by atoms with van der Waals surface area (Å²) < 4.78 is 9.87. The van der Waals surface area contributed by atoms with Gasteiger partial charge in [0.15, 0.2) is 11.5 Å². The van der Waals surface area contributed by atoms with Gasteiger partial charge >= 0.3 is 5.97 Å². The molecule has 5 atom stereocenters. The van der Waals surface area contributed by atoms with Gasteiger partial charge in [-0.1, -0.05) is 6.07 Å². The summed E-state index contributed by atoms with van der Waals surface area (Å²) in [6.07, 6.45) is -5.36. The Bertz CT molecular complexity index is 613. The fourth-order valence-electron chi connectivity index (χ4n) is 2.13. The molecule has 1 saturated heterocycles. The van der Waals surface area contributed by atoms with Crippen LogP contribution in [0.25, 0.3) is 6.08 Å². The summed E-state index contributed by atoms with van der Waals surface area (Å²) in [6.45, 7) is -0.637. The van der Waals surface area contributed by atoms with Crippen LogP contribution in [0.5, 0.6) is 11.5 Å². The van der Waals surface area contributed by atoms with Gasteiger partial charge in [-0.05, 0) is 23.8 Å². The van der Waals surface area contributed by atoms with Gasteiger partial charge in [0.2, 0.25) is 6.29 Å². The van der Waals surface area contributed by atoms with Gasteiger partial charge in [-0.2, -0.15) is 0 Å². The molecule has 0 radical (unpaired) electrons. The molecular weight excluding hydrogens is 324 g/mol. The van der Waals surface area contributed by atoms with Gasteiger partial charge < -0.3 is 40.1 Å². The number of aromatic hydroxyl groups is 2. The molecule has 1 fully saturated rings. The second kappa shape index (κ2) is 7.60. The van der Waals surface area contributed by atoms with E-state index in [2.05, 4.69) is 0 Å². The first-order valence-corrected chi connectivity index (χ1v) is 7.04. The first kappa shape index (κ1) is 18.2. The van der Waals surface area contributed by atoms with Crippen molar-refractivity contribution in [3.63, 3.8) is 0 Å². The lowest BCUT2D eigenvalue weighted by Crippen LogP contribution is -2.59. The number of ether oxygens (including phenoxy) is 2. The molecule has 1 unspecified atom stereocenters. The molecule has 1 aromatic rings. The molecule has 0 aromatic heterocycles. The summed E-state index contributed by atoms with van der Waals surface area (Å²) in [5.41, 5.74) is 0.399. The van der Waals surface area contributed by atoms with Gasteiger partial charge in [-0.25, -0.2) is 4.79 Å². The van der Waals surface area contributed by atoms with Crippen LogP contribution in [0.3, 0.4) is 0 Å². The van der Waals surface area contributed by atoms with Crippen molar-refractivity contribution in [1.29, 1.82) is 0 Å². The lowest BCUT2D eigenvalue weighted by Gasteiger charge is -2.38. The number of phenols is 2. The molecule has 9 nitrogen and oxygen atoms in total. The first-order chi connectivity index (χ1) is 11.3. The summed E-state index contributed by atoms with van der Waals surface area (Å²) >= 11 is 0. The molecule has 1 aromatic carbocycles. The Balaban J connectivity index is 2.00. The van der Waals surface area contributed by atoms with Crippen molar-refractivity contribution in [1.82, 2.24) is 0 Å². The van der Waals surface area contributed by atoms with E-state index < -0.39 is 43.3 Å². The summed E-state index contributed by atoms with van der Waals surface area (Å²) in [6, 6.07) is 3.89. The van der Waals surface area contributed by atoms with Crippen LogP contribution in [0.2, 0.25) is 0 Å². The number of hydrogen-bond acceptors (Lipinski definition) is 9. The number of aliphatic hydroxyl groups excluding tert-OH is 4. The minimum atomic E-state index is -1.68. The third-order valence-corrected chi connectivity index (χ3v) is 3.49. The van der Waals surface area contributed by atoms with Crippen molar-refractivity contribution in [2.24, 2.45) is 0 Å². The van der Waals surface area contributed by atoms with Gasteiger partial charge in [0.1, 0.15) is 24.4 Å². The highest BCUT2D eigenvalue weighted by molar-refractivity contribution is 5.87. The fraction of sp³-hybridized carbons (Fsp3) is 0.400. The molecule has 1 aliphatic heterocycles. The SMILES string of the molecule is O=C(C=Cc1ccc(O)c(O)c1)OC1O[C@H](CO)[C@@H](O)[C@H](O)[C@H]1O. The van der Waals surface area contributed by atoms with Gasteiger partial charge in [-0.3, -0.25) is 0 Å². The molecule has 1 heterocycles. The topological polar surface area (TPSA) is 157 Å². The highest BCUT2D eigenvalue weighted by atomic mass is 16.7. The van der Waals surface area contributed by atoms with Crippen LogP contribution < -0.4 is 0 Å². The molecular formula is C15H18O9. The van der Waals surface area contributed by atoms with Gasteiger partial charge in [0, 0.05) is 6.08 Å². The average molecular weight is 342 g/mol. The Morgan fingerprint density at radius 1 is 1.12 bits per heavy atom. The number of phenolic OH excluding ortho intramolecular Hbond substituents is 2. The first-order valence-electron chi connectivity index (χ1n) is 7.04. The van der Waals surface area contributed by atoms with E-state index in [1.165, 1.54) is 24.3 Å². The lowest BCUT2D eigenvalue weighted by molar-refractivity contribution is -0.291. The summed E-state index contributed by atoms with van der Waals surface area (Å²) in [5, 5.41) is 56.5. The summed E-state index contributed by atoms with van der Waals surface area (Å²) in [5.74, 6) is -1.60. The Morgan fingerprint density at radius 3 is 2.46 bits per heavy atom. The Hall–Kier alpha value is -2.17. The van der Waals surface area contributed by atoms with E-state index in [9.17, 15) is 30.3 Å². The zero-order chi connectivity index (χ0) is 17.9. The average Bonchev–Trinajstić information content (AvgIpc) is 2.56. The van der Waals surface area contributed by atoms with E-state index in [1.807, 2.05) is 0 Å². The van der Waals surface area contributed by atoms with Crippen molar-refractivity contribution in [2.45, 2.75) is 30.7 Å². The van der Waals surface area contributed by atoms with E-state index >= 15 is 0 Å². The van der Waals surface area contributed by atoms with Crippen molar-refractivity contribution in [2.75, 3.05) is 6.61 Å². The molecule has 0 amide bonds. The van der Waals surface area contributed by atoms with Crippen LogP contribution in [0.4, 0.5) is 0 Å². The summed E-state index contributed by atoms with van der Waals surface area (Å²) in [7, 11) is 0. The molecule has 2 rings (SSSR count). The van der Waals surface area contributed by atoms with Crippen LogP contribution in [0, 0.1) is 0 Å². The van der Waals surface area contributed by atoms with Crippen molar-refractivity contribution < 1.29 is 44.9 Å². The Kier molecular flexibility index (Phi) is 5.75. The van der Waals surface area contributed by atoms with Crippen molar-refractivity contribution >= 4 is 12.0 Å². The lowest BCUT2D eigenvalue weighted by atomic mass is 9.99. The number of aliphatic hydroxyl groups is 4. The molecule has 0 aliphatic carbocycles. The highest BCUT2D eigenvalue weighted by Gasteiger charge is 2.45. The number of rotatable bonds is 4. The van der Waals surface area contributed by atoms with Crippen LogP contribution in [0.15, 0.2) is 24.3 Å². The van der Waals surface area contributed by atoms with E-state index in [4.69, 9.17) is 14.6 Å². The van der Waals surface area contributed by atoms with Crippen LogP contribution in [0.1, 0.15) is 5.56 Å². The molecule has 132 valence electrons. The van der Waals surface area contributed by atoms with E-state index in [-0.39, 0.29) is 11.5 Å². The highest BCUT2D eigenvalue weighted by Crippen LogP contribution is 2.25. The number of carbonyl (C=O) groups is 1. The normalized spacial score (nSPS) is 30.4. The molecule has 24 heavy (non-hydrogen) atoms. The minimum Gasteiger partial charge on any atom is -0.504 e. The summed E-state index contributed by atoms with van der Waals surface area (Å²) in [4.78, 5) is 11.7. The second-order valence-corrected chi connectivity index (χ2v) is 5.22. The van der Waals surface area contributed by atoms with E-state index in [0.717, 1.165) is 6.08 Å². The zero-order valence-electron chi connectivity index (χ0n) is 12.4. The number of hydrogen-bond donors (Lipinski definition) is 6. The second-order valence-electron chi connectivity index (χ2n) is 5.22. The minimum absolute atomic E-state index is 0.309. The zero-order valence-corrected chi connectivity index (χ0v) is 12.4.